The maximum atomic E-state index is 6.21. The summed E-state index contributed by atoms with van der Waals surface area (Å²) in [7, 11) is 0. The lowest BCUT2D eigenvalue weighted by molar-refractivity contribution is 0.398. The van der Waals surface area contributed by atoms with Gasteiger partial charge in [-0.2, -0.15) is 0 Å². The topological polar surface area (TPSA) is 12.0 Å². The summed E-state index contributed by atoms with van der Waals surface area (Å²) in [5.41, 5.74) is 1.20. The Morgan fingerprint density at radius 1 is 1.22 bits per heavy atom. The highest BCUT2D eigenvalue weighted by Gasteiger charge is 2.11. The van der Waals surface area contributed by atoms with Gasteiger partial charge in [0.05, 0.1) is 0 Å². The Balaban J connectivity index is 2.44. The van der Waals surface area contributed by atoms with Crippen molar-refractivity contribution in [2.45, 2.75) is 52.5 Å². The Kier molecular flexibility index (Phi) is 7.38. The molecule has 0 aliphatic rings. The van der Waals surface area contributed by atoms with Gasteiger partial charge in [-0.15, -0.1) is 0 Å². The van der Waals surface area contributed by atoms with Gasteiger partial charge < -0.3 is 5.32 Å². The quantitative estimate of drug-likeness (QED) is 0.682. The SMILES string of the molecule is CCCCC(CC)CNC(C)c1ccccc1Cl. The molecule has 1 nitrogen and oxygen atoms in total. The number of nitrogens with one attached hydrogen (secondary N) is 1. The molecule has 102 valence electrons. The van der Waals surface area contributed by atoms with Gasteiger partial charge in [-0.3, -0.25) is 0 Å². The van der Waals surface area contributed by atoms with Crippen molar-refractivity contribution < 1.29 is 0 Å². The van der Waals surface area contributed by atoms with Gasteiger partial charge in [-0.05, 0) is 37.4 Å². The van der Waals surface area contributed by atoms with Crippen molar-refractivity contribution in [1.82, 2.24) is 5.32 Å². The normalized spacial score (nSPS) is 14.4. The summed E-state index contributed by atoms with van der Waals surface area (Å²) >= 11 is 6.21. The maximum Gasteiger partial charge on any atom is 0.0453 e. The average molecular weight is 268 g/mol. The van der Waals surface area contributed by atoms with Crippen LogP contribution in [0.2, 0.25) is 5.02 Å². The van der Waals surface area contributed by atoms with Crippen molar-refractivity contribution in [2.24, 2.45) is 5.92 Å². The summed E-state index contributed by atoms with van der Waals surface area (Å²) in [4.78, 5) is 0. The van der Waals surface area contributed by atoms with E-state index in [0.717, 1.165) is 17.5 Å². The molecule has 0 saturated carbocycles. The minimum atomic E-state index is 0.328. The standard InChI is InChI=1S/C16H26ClN/c1-4-6-9-14(5-2)12-18-13(3)15-10-7-8-11-16(15)17/h7-8,10-11,13-14,18H,4-6,9,12H2,1-3H3. The smallest absolute Gasteiger partial charge is 0.0453 e. The maximum absolute atomic E-state index is 6.21. The van der Waals surface area contributed by atoms with E-state index in [4.69, 9.17) is 11.6 Å². The van der Waals surface area contributed by atoms with Crippen molar-refractivity contribution in [1.29, 1.82) is 0 Å². The van der Waals surface area contributed by atoms with E-state index in [0.29, 0.717) is 6.04 Å². The first-order chi connectivity index (χ1) is 8.69. The van der Waals surface area contributed by atoms with Crippen LogP contribution in [0.25, 0.3) is 0 Å². The highest BCUT2D eigenvalue weighted by atomic mass is 35.5. The van der Waals surface area contributed by atoms with E-state index < -0.39 is 0 Å². The number of unbranched alkanes of at least 4 members (excludes halogenated alkanes) is 1. The van der Waals surface area contributed by atoms with Crippen LogP contribution in [0.3, 0.4) is 0 Å². The fraction of sp³-hybridized carbons (Fsp3) is 0.625. The van der Waals surface area contributed by atoms with Crippen LogP contribution in [0.4, 0.5) is 0 Å². The van der Waals surface area contributed by atoms with Crippen molar-refractivity contribution in [2.75, 3.05) is 6.54 Å². The van der Waals surface area contributed by atoms with Crippen LogP contribution in [-0.4, -0.2) is 6.54 Å². The van der Waals surface area contributed by atoms with Crippen molar-refractivity contribution in [3.8, 4) is 0 Å². The lowest BCUT2D eigenvalue weighted by atomic mass is 9.98. The Hall–Kier alpha value is -0.530. The fourth-order valence-corrected chi connectivity index (χ4v) is 2.52. The lowest BCUT2D eigenvalue weighted by Crippen LogP contribution is -2.25. The van der Waals surface area contributed by atoms with Gasteiger partial charge in [0.2, 0.25) is 0 Å². The van der Waals surface area contributed by atoms with Crippen LogP contribution in [0.1, 0.15) is 58.1 Å². The zero-order chi connectivity index (χ0) is 13.4. The number of benzene rings is 1. The van der Waals surface area contributed by atoms with E-state index >= 15 is 0 Å². The third-order valence-electron chi connectivity index (χ3n) is 3.63. The third-order valence-corrected chi connectivity index (χ3v) is 3.97. The largest absolute Gasteiger partial charge is 0.310 e. The average Bonchev–Trinajstić information content (AvgIpc) is 2.39. The number of hydrogen-bond donors (Lipinski definition) is 1. The Morgan fingerprint density at radius 3 is 2.56 bits per heavy atom. The summed E-state index contributed by atoms with van der Waals surface area (Å²) < 4.78 is 0. The second-order valence-electron chi connectivity index (χ2n) is 5.07. The van der Waals surface area contributed by atoms with E-state index in [2.05, 4.69) is 32.2 Å². The molecule has 1 aromatic rings. The molecule has 2 unspecified atom stereocenters. The zero-order valence-electron chi connectivity index (χ0n) is 11.9. The van der Waals surface area contributed by atoms with E-state index in [1.165, 1.54) is 31.2 Å². The molecule has 1 N–H and O–H groups in total. The zero-order valence-corrected chi connectivity index (χ0v) is 12.6. The second-order valence-corrected chi connectivity index (χ2v) is 5.48. The minimum Gasteiger partial charge on any atom is -0.310 e. The van der Waals surface area contributed by atoms with Crippen LogP contribution in [0.15, 0.2) is 24.3 Å². The summed E-state index contributed by atoms with van der Waals surface area (Å²) in [5, 5.41) is 4.48. The molecule has 0 amide bonds. The van der Waals surface area contributed by atoms with Gasteiger partial charge in [0.1, 0.15) is 0 Å². The van der Waals surface area contributed by atoms with Crippen LogP contribution in [0.5, 0.6) is 0 Å². The summed E-state index contributed by atoms with van der Waals surface area (Å²) in [6.07, 6.45) is 5.20. The first-order valence-corrected chi connectivity index (χ1v) is 7.54. The van der Waals surface area contributed by atoms with E-state index in [1.807, 2.05) is 18.2 Å². The van der Waals surface area contributed by atoms with Gasteiger partial charge >= 0.3 is 0 Å². The molecule has 0 spiro atoms. The summed E-state index contributed by atoms with van der Waals surface area (Å²) in [6.45, 7) is 7.81. The number of halogens is 1. The molecule has 0 radical (unpaired) electrons. The molecule has 0 heterocycles. The van der Waals surface area contributed by atoms with Crippen LogP contribution < -0.4 is 5.32 Å². The van der Waals surface area contributed by atoms with Crippen molar-refractivity contribution >= 4 is 11.6 Å². The second kappa shape index (κ2) is 8.55. The monoisotopic (exact) mass is 267 g/mol. The molecule has 2 atom stereocenters. The first kappa shape index (κ1) is 15.5. The molecule has 0 bridgehead atoms. The van der Waals surface area contributed by atoms with E-state index in [-0.39, 0.29) is 0 Å². The minimum absolute atomic E-state index is 0.328. The fourth-order valence-electron chi connectivity index (χ4n) is 2.22. The molecular weight excluding hydrogens is 242 g/mol. The van der Waals surface area contributed by atoms with Crippen molar-refractivity contribution in [3.63, 3.8) is 0 Å². The molecule has 0 fully saturated rings. The highest BCUT2D eigenvalue weighted by Crippen LogP contribution is 2.22. The number of hydrogen-bond acceptors (Lipinski definition) is 1. The molecule has 0 aliphatic carbocycles. The van der Waals surface area contributed by atoms with Gasteiger partial charge in [0.25, 0.3) is 0 Å². The molecular formula is C16H26ClN. The lowest BCUT2D eigenvalue weighted by Gasteiger charge is -2.20. The molecule has 0 saturated heterocycles. The highest BCUT2D eigenvalue weighted by molar-refractivity contribution is 6.31. The van der Waals surface area contributed by atoms with Crippen LogP contribution in [-0.2, 0) is 0 Å². The van der Waals surface area contributed by atoms with Gasteiger partial charge in [-0.1, -0.05) is 62.9 Å². The summed E-state index contributed by atoms with van der Waals surface area (Å²) in [6, 6.07) is 8.42. The predicted molar refractivity (Wildman–Crippen MR) is 81.2 cm³/mol. The van der Waals surface area contributed by atoms with E-state index in [1.54, 1.807) is 0 Å². The Morgan fingerprint density at radius 2 is 1.94 bits per heavy atom. The molecule has 18 heavy (non-hydrogen) atoms. The van der Waals surface area contributed by atoms with E-state index in [9.17, 15) is 0 Å². The predicted octanol–water partition coefficient (Wildman–Crippen LogP) is 5.21. The first-order valence-electron chi connectivity index (χ1n) is 7.16. The summed E-state index contributed by atoms with van der Waals surface area (Å²) in [5.74, 6) is 0.787. The van der Waals surface area contributed by atoms with Crippen LogP contribution >= 0.6 is 11.6 Å². The molecule has 0 aliphatic heterocycles. The van der Waals surface area contributed by atoms with Gasteiger partial charge in [0, 0.05) is 11.1 Å². The third kappa shape index (κ3) is 4.99. The molecule has 1 rings (SSSR count). The van der Waals surface area contributed by atoms with Crippen molar-refractivity contribution in [3.05, 3.63) is 34.9 Å². The van der Waals surface area contributed by atoms with Gasteiger partial charge in [-0.25, -0.2) is 0 Å². The Labute approximate surface area is 117 Å². The van der Waals surface area contributed by atoms with Crippen LogP contribution in [0, 0.1) is 5.92 Å². The number of rotatable bonds is 8. The van der Waals surface area contributed by atoms with Gasteiger partial charge in [0.15, 0.2) is 0 Å². The molecule has 0 aromatic heterocycles. The molecule has 2 heteroatoms. The molecule has 1 aromatic carbocycles. The Bertz CT molecular complexity index is 338.